The van der Waals surface area contributed by atoms with E-state index >= 15 is 0 Å². The van der Waals surface area contributed by atoms with Crippen LogP contribution in [-0.2, 0) is 10.0 Å². The fourth-order valence-corrected chi connectivity index (χ4v) is 4.16. The number of nitrogens with one attached hydrogen (secondary N) is 1. The third-order valence-electron chi connectivity index (χ3n) is 3.22. The summed E-state index contributed by atoms with van der Waals surface area (Å²) in [5.74, 6) is 0. The number of aryl methyl sites for hydroxylation is 2. The quantitative estimate of drug-likeness (QED) is 0.828. The minimum atomic E-state index is -3.65. The van der Waals surface area contributed by atoms with E-state index in [1.54, 1.807) is 38.1 Å². The zero-order chi connectivity index (χ0) is 15.6. The van der Waals surface area contributed by atoms with Gasteiger partial charge in [0.1, 0.15) is 4.90 Å². The minimum absolute atomic E-state index is 0.243. The molecule has 1 aromatic carbocycles. The molecule has 0 amide bonds. The average molecular weight is 308 g/mol. The second kappa shape index (κ2) is 5.77. The van der Waals surface area contributed by atoms with Crippen molar-refractivity contribution in [2.45, 2.75) is 32.1 Å². The summed E-state index contributed by atoms with van der Waals surface area (Å²) >= 11 is 0. The molecule has 0 bridgehead atoms. The molecule has 6 nitrogen and oxygen atoms in total. The van der Waals surface area contributed by atoms with Gasteiger partial charge in [0.05, 0.1) is 17.1 Å². The van der Waals surface area contributed by atoms with E-state index in [-0.39, 0.29) is 4.90 Å². The summed E-state index contributed by atoms with van der Waals surface area (Å²) in [6.45, 7) is 5.73. The lowest BCUT2D eigenvalue weighted by molar-refractivity contribution is 0.589. The van der Waals surface area contributed by atoms with Crippen molar-refractivity contribution in [3.63, 3.8) is 0 Å². The van der Waals surface area contributed by atoms with Crippen LogP contribution in [0.15, 0.2) is 29.2 Å². The summed E-state index contributed by atoms with van der Waals surface area (Å²) in [5.41, 5.74) is 7.89. The predicted molar refractivity (Wildman–Crippen MR) is 83.7 cm³/mol. The molecule has 0 saturated heterocycles. The Morgan fingerprint density at radius 2 is 1.86 bits per heavy atom. The number of nitrogen functional groups attached to an aromatic ring is 1. The van der Waals surface area contributed by atoms with Gasteiger partial charge in [-0.15, -0.1) is 0 Å². The van der Waals surface area contributed by atoms with E-state index < -0.39 is 10.0 Å². The van der Waals surface area contributed by atoms with E-state index in [1.807, 2.05) is 6.92 Å². The van der Waals surface area contributed by atoms with Gasteiger partial charge in [-0.05, 0) is 44.5 Å². The molecule has 7 heteroatoms. The van der Waals surface area contributed by atoms with Gasteiger partial charge in [0.2, 0.25) is 0 Å². The number of aromatic nitrogens is 2. The first-order chi connectivity index (χ1) is 9.87. The van der Waals surface area contributed by atoms with Crippen molar-refractivity contribution in [2.24, 2.45) is 0 Å². The maximum absolute atomic E-state index is 12.9. The molecule has 21 heavy (non-hydrogen) atoms. The molecule has 0 saturated carbocycles. The molecule has 1 aromatic heterocycles. The molecule has 114 valence electrons. The van der Waals surface area contributed by atoms with Crippen LogP contribution in [0.1, 0.15) is 24.7 Å². The van der Waals surface area contributed by atoms with E-state index in [0.717, 1.165) is 0 Å². The third-order valence-corrected chi connectivity index (χ3v) is 5.31. The number of rotatable bonds is 5. The number of benzene rings is 1. The van der Waals surface area contributed by atoms with Crippen LogP contribution in [0.5, 0.6) is 0 Å². The van der Waals surface area contributed by atoms with Gasteiger partial charge in [-0.2, -0.15) is 5.10 Å². The van der Waals surface area contributed by atoms with Gasteiger partial charge in [-0.1, -0.05) is 6.92 Å². The average Bonchev–Trinajstić information content (AvgIpc) is 2.77. The summed E-state index contributed by atoms with van der Waals surface area (Å²) in [6.07, 6.45) is 0.708. The Hall–Kier alpha value is -2.02. The first-order valence-corrected chi connectivity index (χ1v) is 8.21. The van der Waals surface area contributed by atoms with Gasteiger partial charge >= 0.3 is 0 Å². The maximum Gasteiger partial charge on any atom is 0.267 e. The molecule has 1 heterocycles. The summed E-state index contributed by atoms with van der Waals surface area (Å²) in [4.78, 5) is 0.243. The van der Waals surface area contributed by atoms with Crippen LogP contribution < -0.4 is 10.0 Å². The lowest BCUT2D eigenvalue weighted by Gasteiger charge is -2.24. The van der Waals surface area contributed by atoms with E-state index in [0.29, 0.717) is 35.7 Å². The van der Waals surface area contributed by atoms with Gasteiger partial charge in [0.25, 0.3) is 10.0 Å². The first-order valence-electron chi connectivity index (χ1n) is 6.77. The van der Waals surface area contributed by atoms with Crippen molar-refractivity contribution in [3.05, 3.63) is 35.7 Å². The predicted octanol–water partition coefficient (Wildman–Crippen LogP) is 2.21. The van der Waals surface area contributed by atoms with Gasteiger partial charge in [-0.25, -0.2) is 8.42 Å². The molecular formula is C14H20N4O2S. The molecular weight excluding hydrogens is 288 g/mol. The van der Waals surface area contributed by atoms with E-state index in [9.17, 15) is 8.42 Å². The monoisotopic (exact) mass is 308 g/mol. The Morgan fingerprint density at radius 3 is 2.33 bits per heavy atom. The summed E-state index contributed by atoms with van der Waals surface area (Å²) < 4.78 is 27.3. The van der Waals surface area contributed by atoms with Crippen LogP contribution in [-0.4, -0.2) is 25.2 Å². The van der Waals surface area contributed by atoms with Crippen LogP contribution >= 0.6 is 0 Å². The Balaban J connectivity index is 2.54. The van der Waals surface area contributed by atoms with Gasteiger partial charge in [0.15, 0.2) is 0 Å². The van der Waals surface area contributed by atoms with Crippen LogP contribution in [0, 0.1) is 13.8 Å². The maximum atomic E-state index is 12.9. The highest BCUT2D eigenvalue weighted by molar-refractivity contribution is 7.93. The molecule has 0 atom stereocenters. The summed E-state index contributed by atoms with van der Waals surface area (Å²) in [5, 5.41) is 6.71. The molecule has 0 aliphatic carbocycles. The summed E-state index contributed by atoms with van der Waals surface area (Å²) in [7, 11) is -3.65. The van der Waals surface area contributed by atoms with Crippen LogP contribution in [0.2, 0.25) is 0 Å². The Labute approximate surface area is 125 Å². The fourth-order valence-electron chi connectivity index (χ4n) is 2.26. The number of hydrogen-bond acceptors (Lipinski definition) is 4. The van der Waals surface area contributed by atoms with Crippen molar-refractivity contribution in [2.75, 3.05) is 16.6 Å². The van der Waals surface area contributed by atoms with Crippen LogP contribution in [0.25, 0.3) is 0 Å². The van der Waals surface area contributed by atoms with E-state index in [2.05, 4.69) is 10.2 Å². The van der Waals surface area contributed by atoms with Crippen molar-refractivity contribution >= 4 is 21.4 Å². The molecule has 0 aliphatic rings. The Morgan fingerprint density at radius 1 is 1.24 bits per heavy atom. The van der Waals surface area contributed by atoms with Crippen molar-refractivity contribution < 1.29 is 8.42 Å². The molecule has 0 radical (unpaired) electrons. The summed E-state index contributed by atoms with van der Waals surface area (Å²) in [6, 6.07) is 6.83. The highest BCUT2D eigenvalue weighted by Crippen LogP contribution is 2.27. The topological polar surface area (TPSA) is 92.1 Å². The Bertz CT molecular complexity index is 700. The zero-order valence-electron chi connectivity index (χ0n) is 12.4. The number of aromatic amines is 1. The molecule has 2 rings (SSSR count). The number of sulfonamides is 1. The SMILES string of the molecule is CCCN(c1ccc(N)cc1)S(=O)(=O)c1c(C)n[nH]c1C. The molecule has 0 unspecified atom stereocenters. The second-order valence-electron chi connectivity index (χ2n) is 4.93. The highest BCUT2D eigenvalue weighted by atomic mass is 32.2. The smallest absolute Gasteiger partial charge is 0.267 e. The van der Waals surface area contributed by atoms with E-state index in [4.69, 9.17) is 5.73 Å². The second-order valence-corrected chi connectivity index (χ2v) is 6.73. The van der Waals surface area contributed by atoms with E-state index in [1.165, 1.54) is 4.31 Å². The highest BCUT2D eigenvalue weighted by Gasteiger charge is 2.29. The minimum Gasteiger partial charge on any atom is -0.399 e. The number of hydrogen-bond donors (Lipinski definition) is 2. The number of anilines is 2. The number of nitrogens with two attached hydrogens (primary N) is 1. The molecule has 0 fully saturated rings. The van der Waals surface area contributed by atoms with Crippen molar-refractivity contribution in [1.29, 1.82) is 0 Å². The fraction of sp³-hybridized carbons (Fsp3) is 0.357. The standard InChI is InChI=1S/C14H20N4O2S/c1-4-9-18(13-7-5-12(15)6-8-13)21(19,20)14-10(2)16-17-11(14)3/h5-8H,4,9,15H2,1-3H3,(H,16,17). The lowest BCUT2D eigenvalue weighted by atomic mass is 10.3. The molecule has 3 N–H and O–H groups in total. The first kappa shape index (κ1) is 15.4. The van der Waals surface area contributed by atoms with Gasteiger partial charge < -0.3 is 5.73 Å². The molecule has 2 aromatic rings. The van der Waals surface area contributed by atoms with Crippen molar-refractivity contribution in [3.8, 4) is 0 Å². The van der Waals surface area contributed by atoms with Gasteiger partial charge in [0, 0.05) is 12.2 Å². The third kappa shape index (κ3) is 2.87. The lowest BCUT2D eigenvalue weighted by Crippen LogP contribution is -2.32. The molecule has 0 spiro atoms. The number of nitrogens with zero attached hydrogens (tertiary/aromatic N) is 2. The zero-order valence-corrected chi connectivity index (χ0v) is 13.2. The van der Waals surface area contributed by atoms with Crippen molar-refractivity contribution in [1.82, 2.24) is 10.2 Å². The molecule has 0 aliphatic heterocycles. The van der Waals surface area contributed by atoms with Gasteiger partial charge in [-0.3, -0.25) is 9.40 Å². The Kier molecular flexibility index (Phi) is 4.22. The van der Waals surface area contributed by atoms with Crippen LogP contribution in [0.4, 0.5) is 11.4 Å². The van der Waals surface area contributed by atoms with Crippen LogP contribution in [0.3, 0.4) is 0 Å². The number of H-pyrrole nitrogens is 1. The normalized spacial score (nSPS) is 11.6. The largest absolute Gasteiger partial charge is 0.399 e.